The zero-order valence-corrected chi connectivity index (χ0v) is 17.0. The van der Waals surface area contributed by atoms with Crippen LogP contribution in [-0.2, 0) is 14.3 Å². The molecule has 7 unspecified atom stereocenters. The lowest BCUT2D eigenvalue weighted by atomic mass is 9.44. The second-order valence-corrected chi connectivity index (χ2v) is 9.72. The van der Waals surface area contributed by atoms with Crippen LogP contribution in [0.4, 0.5) is 0 Å². The Morgan fingerprint density at radius 2 is 2.00 bits per heavy atom. The summed E-state index contributed by atoms with van der Waals surface area (Å²) in [5.74, 6) is -0.520. The first-order valence-corrected chi connectivity index (χ1v) is 10.2. The molecule has 0 spiro atoms. The number of ether oxygens (including phenoxy) is 1. The first-order chi connectivity index (χ1) is 12.6. The van der Waals surface area contributed by atoms with Crippen molar-refractivity contribution in [2.75, 3.05) is 6.61 Å². The molecule has 2 bridgehead atoms. The average molecular weight is 379 g/mol. The van der Waals surface area contributed by atoms with Gasteiger partial charge in [0.1, 0.15) is 18.5 Å². The van der Waals surface area contributed by atoms with Crippen LogP contribution in [0.25, 0.3) is 0 Å². The number of aliphatic hydroxyl groups is 2. The van der Waals surface area contributed by atoms with E-state index in [1.165, 1.54) is 0 Å². The van der Waals surface area contributed by atoms with Gasteiger partial charge in [0, 0.05) is 23.2 Å². The fourth-order valence-electron chi connectivity index (χ4n) is 6.70. The summed E-state index contributed by atoms with van der Waals surface area (Å²) in [5.41, 5.74) is -1.43. The van der Waals surface area contributed by atoms with E-state index < -0.39 is 35.6 Å². The highest BCUT2D eigenvalue weighted by molar-refractivity contribution is 5.85. The van der Waals surface area contributed by atoms with E-state index in [2.05, 4.69) is 27.4 Å². The van der Waals surface area contributed by atoms with Gasteiger partial charge in [0.2, 0.25) is 0 Å². The molecule has 3 rings (SSSR count). The van der Waals surface area contributed by atoms with Gasteiger partial charge in [-0.15, -0.1) is 6.58 Å². The maximum Gasteiger partial charge on any atom is 0.332 e. The molecule has 2 N–H and O–H groups in total. The van der Waals surface area contributed by atoms with Crippen molar-refractivity contribution in [1.82, 2.24) is 0 Å². The van der Waals surface area contributed by atoms with E-state index in [0.29, 0.717) is 12.8 Å². The van der Waals surface area contributed by atoms with Crippen LogP contribution in [0.15, 0.2) is 12.7 Å². The second kappa shape index (κ2) is 6.70. The number of hydrogen-bond acceptors (Lipinski definition) is 5. The van der Waals surface area contributed by atoms with Gasteiger partial charge in [-0.1, -0.05) is 33.8 Å². The molecule has 3 aliphatic rings. The van der Waals surface area contributed by atoms with Crippen molar-refractivity contribution in [1.29, 1.82) is 0 Å². The molecule has 0 aliphatic heterocycles. The Morgan fingerprint density at radius 1 is 1.33 bits per heavy atom. The molecule has 3 fully saturated rings. The predicted octanol–water partition coefficient (Wildman–Crippen LogP) is 2.89. The van der Waals surface area contributed by atoms with Crippen molar-refractivity contribution in [3.8, 4) is 0 Å². The molecule has 0 radical (unpaired) electrons. The predicted molar refractivity (Wildman–Crippen MR) is 102 cm³/mol. The number of rotatable bonds is 3. The normalized spacial score (nSPS) is 49.7. The maximum atomic E-state index is 13.1. The topological polar surface area (TPSA) is 83.8 Å². The molecule has 27 heavy (non-hydrogen) atoms. The smallest absolute Gasteiger partial charge is 0.332 e. The fraction of sp³-hybridized carbons (Fsp3) is 0.818. The Kier molecular flexibility index (Phi) is 5.09. The van der Waals surface area contributed by atoms with Crippen LogP contribution in [-0.4, -0.2) is 40.8 Å². The summed E-state index contributed by atoms with van der Waals surface area (Å²) in [6.07, 6.45) is 4.10. The maximum absolute atomic E-state index is 13.1. The van der Waals surface area contributed by atoms with Gasteiger partial charge < -0.3 is 14.9 Å². The SMILES string of the molecule is C=C[C@@]1(C)CC(OC(=O)CO)C2(C)C(C)CCC3(CCC(=O)C32)C(C)C1O. The van der Waals surface area contributed by atoms with E-state index >= 15 is 0 Å². The molecule has 0 aromatic rings. The first-order valence-electron chi connectivity index (χ1n) is 10.2. The van der Waals surface area contributed by atoms with Crippen LogP contribution in [0.2, 0.25) is 0 Å². The zero-order chi connectivity index (χ0) is 20.2. The van der Waals surface area contributed by atoms with Gasteiger partial charge in [0.25, 0.3) is 0 Å². The van der Waals surface area contributed by atoms with Gasteiger partial charge in [-0.2, -0.15) is 0 Å². The number of aliphatic hydroxyl groups excluding tert-OH is 2. The standard InChI is InChI=1S/C22H34O5/c1-6-20(4)11-16(27-17(25)12-23)21(5)13(2)7-9-22(14(3)19(20)26)10-8-15(24)18(21)22/h6,13-14,16,18-19,23,26H,1,7-12H2,2-5H3/t13?,14?,16?,18?,19?,20-,21?,22?/m0/s1. The van der Waals surface area contributed by atoms with Crippen LogP contribution >= 0.6 is 0 Å². The quantitative estimate of drug-likeness (QED) is 0.583. The Hall–Kier alpha value is -1.20. The average Bonchev–Trinajstić information content (AvgIpc) is 3.00. The number of carbonyl (C=O) groups is 2. The van der Waals surface area contributed by atoms with E-state index in [1.807, 2.05) is 6.92 Å². The van der Waals surface area contributed by atoms with Crippen molar-refractivity contribution in [2.45, 2.75) is 72.0 Å². The summed E-state index contributed by atoms with van der Waals surface area (Å²) in [5, 5.41) is 20.6. The summed E-state index contributed by atoms with van der Waals surface area (Å²) in [6, 6.07) is 0. The minimum absolute atomic E-state index is 0.0433. The van der Waals surface area contributed by atoms with Crippen molar-refractivity contribution in [2.24, 2.45) is 34.0 Å². The monoisotopic (exact) mass is 378 g/mol. The molecule has 5 nitrogen and oxygen atoms in total. The van der Waals surface area contributed by atoms with Gasteiger partial charge in [-0.3, -0.25) is 4.79 Å². The van der Waals surface area contributed by atoms with E-state index in [9.17, 15) is 19.8 Å². The third-order valence-corrected chi connectivity index (χ3v) is 8.70. The van der Waals surface area contributed by atoms with Crippen molar-refractivity contribution in [3.05, 3.63) is 12.7 Å². The lowest BCUT2D eigenvalue weighted by Gasteiger charge is -2.61. The van der Waals surface area contributed by atoms with E-state index in [0.717, 1.165) is 19.3 Å². The summed E-state index contributed by atoms with van der Waals surface area (Å²) in [4.78, 5) is 25.2. The number of Topliss-reactive ketones (excluding diaryl/α,β-unsaturated/α-hetero) is 1. The van der Waals surface area contributed by atoms with E-state index in [-0.39, 0.29) is 29.0 Å². The third kappa shape index (κ3) is 2.72. The molecule has 0 heterocycles. The molecule has 0 aromatic carbocycles. The summed E-state index contributed by atoms with van der Waals surface area (Å²) < 4.78 is 5.77. The molecule has 5 heteroatoms. The number of carbonyl (C=O) groups excluding carboxylic acids is 2. The molecular weight excluding hydrogens is 344 g/mol. The van der Waals surface area contributed by atoms with Crippen LogP contribution < -0.4 is 0 Å². The minimum atomic E-state index is -0.686. The number of ketones is 1. The lowest BCUT2D eigenvalue weighted by molar-refractivity contribution is -0.207. The van der Waals surface area contributed by atoms with Crippen LogP contribution in [0, 0.1) is 34.0 Å². The van der Waals surface area contributed by atoms with Gasteiger partial charge in [-0.25, -0.2) is 4.79 Å². The summed E-state index contributed by atoms with van der Waals surface area (Å²) >= 11 is 0. The lowest BCUT2D eigenvalue weighted by Crippen LogP contribution is -2.63. The zero-order valence-electron chi connectivity index (χ0n) is 17.0. The second-order valence-electron chi connectivity index (χ2n) is 9.72. The van der Waals surface area contributed by atoms with Gasteiger partial charge in [-0.05, 0) is 42.9 Å². The highest BCUT2D eigenvalue weighted by Crippen LogP contribution is 2.67. The molecular formula is C22H34O5. The molecule has 152 valence electrons. The van der Waals surface area contributed by atoms with E-state index in [1.54, 1.807) is 6.08 Å². The Bertz CT molecular complexity index is 645. The highest BCUT2D eigenvalue weighted by Gasteiger charge is 2.68. The number of hydrogen-bond donors (Lipinski definition) is 2. The van der Waals surface area contributed by atoms with Crippen molar-refractivity contribution in [3.63, 3.8) is 0 Å². The van der Waals surface area contributed by atoms with Crippen molar-refractivity contribution >= 4 is 11.8 Å². The number of esters is 1. The Balaban J connectivity index is 2.21. The molecule has 0 saturated heterocycles. The highest BCUT2D eigenvalue weighted by atomic mass is 16.6. The molecule has 3 aliphatic carbocycles. The Morgan fingerprint density at radius 3 is 2.59 bits per heavy atom. The fourth-order valence-corrected chi connectivity index (χ4v) is 6.70. The van der Waals surface area contributed by atoms with Gasteiger partial charge >= 0.3 is 5.97 Å². The first kappa shape index (κ1) is 20.5. The molecule has 0 amide bonds. The minimum Gasteiger partial charge on any atom is -0.460 e. The van der Waals surface area contributed by atoms with Crippen molar-refractivity contribution < 1.29 is 24.5 Å². The molecule has 3 saturated carbocycles. The molecule has 8 atom stereocenters. The van der Waals surface area contributed by atoms with Gasteiger partial charge in [0.05, 0.1) is 6.10 Å². The third-order valence-electron chi connectivity index (χ3n) is 8.70. The van der Waals surface area contributed by atoms with Crippen LogP contribution in [0.1, 0.15) is 59.8 Å². The summed E-state index contributed by atoms with van der Waals surface area (Å²) in [6.45, 7) is 11.5. The van der Waals surface area contributed by atoms with Crippen LogP contribution in [0.3, 0.4) is 0 Å². The van der Waals surface area contributed by atoms with Gasteiger partial charge in [0.15, 0.2) is 0 Å². The Labute approximate surface area is 162 Å². The van der Waals surface area contributed by atoms with E-state index in [4.69, 9.17) is 4.74 Å². The summed E-state index contributed by atoms with van der Waals surface area (Å²) in [7, 11) is 0. The van der Waals surface area contributed by atoms with Crippen LogP contribution in [0.5, 0.6) is 0 Å². The molecule has 0 aromatic heterocycles. The largest absolute Gasteiger partial charge is 0.460 e.